The van der Waals surface area contributed by atoms with Crippen LogP contribution in [0.1, 0.15) is 23.2 Å². The van der Waals surface area contributed by atoms with Gasteiger partial charge in [0.05, 0.1) is 0 Å². The van der Waals surface area contributed by atoms with Gasteiger partial charge in [-0.3, -0.25) is 4.79 Å². The fourth-order valence-corrected chi connectivity index (χ4v) is 1.96. The number of rotatable bonds is 2. The molecule has 1 aromatic carbocycles. The normalized spacial score (nSPS) is 16.6. The zero-order chi connectivity index (χ0) is 10.7. The fraction of sp³-hybridized carbons (Fsp3) is 0.417. The zero-order valence-corrected chi connectivity index (χ0v) is 9.73. The van der Waals surface area contributed by atoms with E-state index >= 15 is 0 Å². The predicted octanol–water partition coefficient (Wildman–Crippen LogP) is 2.43. The molecule has 0 amide bonds. The van der Waals surface area contributed by atoms with Crippen LogP contribution in [0.3, 0.4) is 0 Å². The second-order valence-corrected chi connectivity index (χ2v) is 3.90. The Hall–Kier alpha value is -0.930. The smallest absolute Gasteiger partial charge is 0.166 e. The van der Waals surface area contributed by atoms with Crippen LogP contribution in [-0.2, 0) is 0 Å². The maximum Gasteiger partial charge on any atom is 0.166 e. The minimum Gasteiger partial charge on any atom is -0.317 e. The molecule has 0 aromatic heterocycles. The van der Waals surface area contributed by atoms with Crippen LogP contribution in [0.2, 0.25) is 0 Å². The number of piperidine rings is 1. The van der Waals surface area contributed by atoms with Crippen LogP contribution in [0.15, 0.2) is 24.3 Å². The molecule has 2 nitrogen and oxygen atoms in total. The number of hydrogen-bond acceptors (Lipinski definition) is 2. The highest BCUT2D eigenvalue weighted by Gasteiger charge is 2.22. The summed E-state index contributed by atoms with van der Waals surface area (Å²) in [4.78, 5) is 12.0. The molecule has 1 N–H and O–H groups in total. The number of carbonyl (C=O) groups excluding carboxylic acids is 1. The molecule has 1 aliphatic heterocycles. The third kappa shape index (κ3) is 3.03. The molecule has 1 aromatic rings. The number of ketones is 1. The predicted molar refractivity (Wildman–Crippen MR) is 63.6 cm³/mol. The molecule has 16 heavy (non-hydrogen) atoms. The van der Waals surface area contributed by atoms with Crippen LogP contribution >= 0.6 is 12.4 Å². The van der Waals surface area contributed by atoms with Crippen LogP contribution in [0.25, 0.3) is 0 Å². The molecule has 1 saturated heterocycles. The van der Waals surface area contributed by atoms with Crippen molar-refractivity contribution in [3.8, 4) is 0 Å². The quantitative estimate of drug-likeness (QED) is 0.809. The van der Waals surface area contributed by atoms with Gasteiger partial charge in [-0.1, -0.05) is 12.1 Å². The Labute approximate surface area is 101 Å². The van der Waals surface area contributed by atoms with Crippen molar-refractivity contribution in [2.75, 3.05) is 13.1 Å². The monoisotopic (exact) mass is 243 g/mol. The number of Topliss-reactive ketones (excluding diaryl/α,β-unsaturated/α-hetero) is 1. The highest BCUT2D eigenvalue weighted by atomic mass is 35.5. The minimum absolute atomic E-state index is 0. The molecule has 0 atom stereocenters. The summed E-state index contributed by atoms with van der Waals surface area (Å²) in [7, 11) is 0. The second kappa shape index (κ2) is 5.97. The van der Waals surface area contributed by atoms with Gasteiger partial charge in [0, 0.05) is 11.5 Å². The lowest BCUT2D eigenvalue weighted by molar-refractivity contribution is 0.0894. The van der Waals surface area contributed by atoms with Crippen LogP contribution in [-0.4, -0.2) is 18.9 Å². The van der Waals surface area contributed by atoms with E-state index in [0.29, 0.717) is 5.56 Å². The Morgan fingerprint density at radius 1 is 1.31 bits per heavy atom. The van der Waals surface area contributed by atoms with Crippen LogP contribution in [0.5, 0.6) is 0 Å². The van der Waals surface area contributed by atoms with Gasteiger partial charge in [-0.05, 0) is 38.1 Å². The van der Waals surface area contributed by atoms with Crippen molar-refractivity contribution < 1.29 is 9.18 Å². The molecule has 2 rings (SSSR count). The van der Waals surface area contributed by atoms with Gasteiger partial charge >= 0.3 is 0 Å². The summed E-state index contributed by atoms with van der Waals surface area (Å²) in [6.45, 7) is 1.76. The van der Waals surface area contributed by atoms with E-state index in [9.17, 15) is 9.18 Å². The van der Waals surface area contributed by atoms with E-state index in [0.717, 1.165) is 25.9 Å². The van der Waals surface area contributed by atoms with E-state index in [1.165, 1.54) is 12.1 Å². The van der Waals surface area contributed by atoms with Gasteiger partial charge in [0.25, 0.3) is 0 Å². The minimum atomic E-state index is -0.338. The molecule has 88 valence electrons. The molecule has 0 saturated carbocycles. The lowest BCUT2D eigenvalue weighted by Gasteiger charge is -2.21. The molecular weight excluding hydrogens is 229 g/mol. The molecule has 0 unspecified atom stereocenters. The summed E-state index contributed by atoms with van der Waals surface area (Å²) < 4.78 is 12.9. The van der Waals surface area contributed by atoms with Gasteiger partial charge in [0.1, 0.15) is 5.82 Å². The van der Waals surface area contributed by atoms with E-state index < -0.39 is 0 Å². The van der Waals surface area contributed by atoms with E-state index in [1.54, 1.807) is 12.1 Å². The molecule has 4 heteroatoms. The maximum atomic E-state index is 12.9. The lowest BCUT2D eigenvalue weighted by atomic mass is 9.90. The third-order valence-electron chi connectivity index (χ3n) is 2.82. The molecule has 0 radical (unpaired) electrons. The summed E-state index contributed by atoms with van der Waals surface area (Å²) in [5.41, 5.74) is 0.502. The number of hydrogen-bond donors (Lipinski definition) is 1. The molecule has 1 fully saturated rings. The summed E-state index contributed by atoms with van der Waals surface area (Å²) in [6, 6.07) is 5.96. The second-order valence-electron chi connectivity index (χ2n) is 3.90. The fourth-order valence-electron chi connectivity index (χ4n) is 1.96. The SMILES string of the molecule is Cl.O=C(c1cccc(F)c1)C1CCNCC1. The van der Waals surface area contributed by atoms with Gasteiger partial charge in [0.2, 0.25) is 0 Å². The number of carbonyl (C=O) groups is 1. The van der Waals surface area contributed by atoms with Gasteiger partial charge in [-0.2, -0.15) is 0 Å². The van der Waals surface area contributed by atoms with Gasteiger partial charge in [-0.25, -0.2) is 4.39 Å². The van der Waals surface area contributed by atoms with E-state index in [4.69, 9.17) is 0 Å². The molecule has 1 aliphatic rings. The topological polar surface area (TPSA) is 29.1 Å². The van der Waals surface area contributed by atoms with Crippen molar-refractivity contribution in [1.82, 2.24) is 5.32 Å². The average molecular weight is 244 g/mol. The van der Waals surface area contributed by atoms with Crippen LogP contribution in [0, 0.1) is 11.7 Å². The molecule has 0 aliphatic carbocycles. The van der Waals surface area contributed by atoms with E-state index in [2.05, 4.69) is 5.32 Å². The van der Waals surface area contributed by atoms with Crippen molar-refractivity contribution in [3.05, 3.63) is 35.6 Å². The van der Waals surface area contributed by atoms with Crippen molar-refractivity contribution >= 4 is 18.2 Å². The first-order valence-electron chi connectivity index (χ1n) is 5.28. The summed E-state index contributed by atoms with van der Waals surface area (Å²) >= 11 is 0. The third-order valence-corrected chi connectivity index (χ3v) is 2.82. The Kier molecular flexibility index (Phi) is 4.90. The Balaban J connectivity index is 0.00000128. The molecule has 0 bridgehead atoms. The first-order valence-corrected chi connectivity index (χ1v) is 5.28. The summed E-state index contributed by atoms with van der Waals surface area (Å²) in [5.74, 6) is -0.196. The molecule has 0 spiro atoms. The Morgan fingerprint density at radius 3 is 2.62 bits per heavy atom. The van der Waals surface area contributed by atoms with Crippen LogP contribution in [0.4, 0.5) is 4.39 Å². The molecule has 1 heterocycles. The van der Waals surface area contributed by atoms with Crippen molar-refractivity contribution in [2.24, 2.45) is 5.92 Å². The van der Waals surface area contributed by atoms with Crippen molar-refractivity contribution in [3.63, 3.8) is 0 Å². The zero-order valence-electron chi connectivity index (χ0n) is 8.91. The van der Waals surface area contributed by atoms with Crippen LogP contribution < -0.4 is 5.32 Å². The highest BCUT2D eigenvalue weighted by Crippen LogP contribution is 2.18. The highest BCUT2D eigenvalue weighted by molar-refractivity contribution is 5.97. The summed E-state index contributed by atoms with van der Waals surface area (Å²) in [5, 5.41) is 3.21. The summed E-state index contributed by atoms with van der Waals surface area (Å²) in [6.07, 6.45) is 1.71. The Morgan fingerprint density at radius 2 is 2.00 bits per heavy atom. The van der Waals surface area contributed by atoms with E-state index in [1.807, 2.05) is 0 Å². The average Bonchev–Trinajstić information content (AvgIpc) is 2.29. The number of nitrogens with one attached hydrogen (secondary N) is 1. The van der Waals surface area contributed by atoms with Gasteiger partial charge < -0.3 is 5.32 Å². The standard InChI is InChI=1S/C12H14FNO.ClH/c13-11-3-1-2-10(8-11)12(15)9-4-6-14-7-5-9;/h1-3,8-9,14H,4-7H2;1H. The van der Waals surface area contributed by atoms with Gasteiger partial charge in [-0.15, -0.1) is 12.4 Å². The largest absolute Gasteiger partial charge is 0.317 e. The van der Waals surface area contributed by atoms with E-state index in [-0.39, 0.29) is 29.9 Å². The first kappa shape index (κ1) is 13.1. The lowest BCUT2D eigenvalue weighted by Crippen LogP contribution is -2.31. The van der Waals surface area contributed by atoms with Crippen molar-refractivity contribution in [1.29, 1.82) is 0 Å². The van der Waals surface area contributed by atoms with Crippen molar-refractivity contribution in [2.45, 2.75) is 12.8 Å². The maximum absolute atomic E-state index is 12.9. The number of benzene rings is 1. The number of halogens is 2. The molecular formula is C12H15ClFNO. The van der Waals surface area contributed by atoms with Gasteiger partial charge in [0.15, 0.2) is 5.78 Å². The first-order chi connectivity index (χ1) is 7.27. The Bertz CT molecular complexity index is 364.